The van der Waals surface area contributed by atoms with E-state index < -0.39 is 5.54 Å². The smallest absolute Gasteiger partial charge is 0.122 e. The molecule has 0 saturated heterocycles. The first-order valence-corrected chi connectivity index (χ1v) is 4.31. The molecule has 0 spiro atoms. The van der Waals surface area contributed by atoms with Crippen molar-refractivity contribution >= 4 is 0 Å². The van der Waals surface area contributed by atoms with E-state index in [4.69, 9.17) is 10.3 Å². The molecule has 0 amide bonds. The molecule has 0 unspecified atom stereocenters. The molecule has 1 aromatic rings. The zero-order chi connectivity index (χ0) is 10.6. The van der Waals surface area contributed by atoms with Gasteiger partial charge in [-0.05, 0) is 25.4 Å². The normalized spacial score (nSPS) is 10.5. The summed E-state index contributed by atoms with van der Waals surface area (Å²) in [6, 6.07) is 7.53. The quantitative estimate of drug-likeness (QED) is 0.411. The lowest BCUT2D eigenvalue weighted by atomic mass is 9.94. The minimum atomic E-state index is -0.582. The summed E-state index contributed by atoms with van der Waals surface area (Å²) in [4.78, 5) is 2.83. The van der Waals surface area contributed by atoms with Crippen molar-refractivity contribution < 1.29 is 4.74 Å². The SMILES string of the molecule is COc1ccccc1C(C)(C)N=[N+]=[N-]. The molecule has 0 atom stereocenters. The van der Waals surface area contributed by atoms with Crippen LogP contribution >= 0.6 is 0 Å². The van der Waals surface area contributed by atoms with Crippen molar-refractivity contribution in [2.45, 2.75) is 19.4 Å². The summed E-state index contributed by atoms with van der Waals surface area (Å²) in [6.45, 7) is 3.70. The van der Waals surface area contributed by atoms with Crippen LogP contribution in [0, 0.1) is 0 Å². The summed E-state index contributed by atoms with van der Waals surface area (Å²) in [5.41, 5.74) is 8.75. The minimum Gasteiger partial charge on any atom is -0.496 e. The molecular weight excluding hydrogens is 178 g/mol. The Bertz CT molecular complexity index is 367. The van der Waals surface area contributed by atoms with Gasteiger partial charge in [0.05, 0.1) is 12.6 Å². The fourth-order valence-electron chi connectivity index (χ4n) is 1.32. The topological polar surface area (TPSA) is 58.0 Å². The Morgan fingerprint density at radius 2 is 2.00 bits per heavy atom. The van der Waals surface area contributed by atoms with Gasteiger partial charge in [0.2, 0.25) is 0 Å². The molecule has 0 aromatic heterocycles. The van der Waals surface area contributed by atoms with E-state index in [1.807, 2.05) is 38.1 Å². The summed E-state index contributed by atoms with van der Waals surface area (Å²) in [5.74, 6) is 0.741. The molecule has 0 bridgehead atoms. The molecule has 0 aliphatic carbocycles. The van der Waals surface area contributed by atoms with Crippen LogP contribution in [0.2, 0.25) is 0 Å². The predicted octanol–water partition coefficient (Wildman–Crippen LogP) is 3.24. The maximum Gasteiger partial charge on any atom is 0.122 e. The maximum atomic E-state index is 8.44. The van der Waals surface area contributed by atoms with Crippen molar-refractivity contribution in [1.29, 1.82) is 0 Å². The Balaban J connectivity index is 3.23. The molecule has 1 rings (SSSR count). The van der Waals surface area contributed by atoms with E-state index in [9.17, 15) is 0 Å². The van der Waals surface area contributed by atoms with Crippen LogP contribution in [0.5, 0.6) is 5.75 Å². The van der Waals surface area contributed by atoms with Crippen LogP contribution in [0.3, 0.4) is 0 Å². The second-order valence-corrected chi connectivity index (χ2v) is 3.45. The highest BCUT2D eigenvalue weighted by atomic mass is 16.5. The first-order valence-electron chi connectivity index (χ1n) is 4.31. The van der Waals surface area contributed by atoms with E-state index in [-0.39, 0.29) is 0 Å². The van der Waals surface area contributed by atoms with Gasteiger partial charge in [0.15, 0.2) is 0 Å². The van der Waals surface area contributed by atoms with Crippen LogP contribution in [0.4, 0.5) is 0 Å². The van der Waals surface area contributed by atoms with Crippen molar-refractivity contribution in [2.75, 3.05) is 7.11 Å². The Morgan fingerprint density at radius 3 is 2.57 bits per heavy atom. The number of para-hydroxylation sites is 1. The second kappa shape index (κ2) is 4.03. The van der Waals surface area contributed by atoms with Crippen LogP contribution in [0.1, 0.15) is 19.4 Å². The molecule has 4 nitrogen and oxygen atoms in total. The van der Waals surface area contributed by atoms with Crippen molar-refractivity contribution in [1.82, 2.24) is 0 Å². The van der Waals surface area contributed by atoms with Gasteiger partial charge in [0.25, 0.3) is 0 Å². The summed E-state index contributed by atoms with van der Waals surface area (Å²) >= 11 is 0. The Hall–Kier alpha value is -1.67. The lowest BCUT2D eigenvalue weighted by molar-refractivity contribution is 0.394. The fourth-order valence-corrected chi connectivity index (χ4v) is 1.32. The number of benzene rings is 1. The summed E-state index contributed by atoms with van der Waals surface area (Å²) < 4.78 is 5.19. The lowest BCUT2D eigenvalue weighted by Crippen LogP contribution is -2.13. The highest BCUT2D eigenvalue weighted by Crippen LogP contribution is 2.32. The van der Waals surface area contributed by atoms with Crippen molar-refractivity contribution in [2.24, 2.45) is 5.11 Å². The van der Waals surface area contributed by atoms with Gasteiger partial charge < -0.3 is 4.74 Å². The van der Waals surface area contributed by atoms with Crippen LogP contribution in [0.25, 0.3) is 10.4 Å². The number of methoxy groups -OCH3 is 1. The van der Waals surface area contributed by atoms with E-state index in [2.05, 4.69) is 10.0 Å². The van der Waals surface area contributed by atoms with Gasteiger partial charge in [-0.25, -0.2) is 0 Å². The van der Waals surface area contributed by atoms with Gasteiger partial charge in [-0.2, -0.15) is 0 Å². The molecule has 0 saturated carbocycles. The molecule has 0 N–H and O–H groups in total. The zero-order valence-corrected chi connectivity index (χ0v) is 8.56. The van der Waals surface area contributed by atoms with Gasteiger partial charge in [-0.15, -0.1) is 0 Å². The molecule has 1 aromatic carbocycles. The average Bonchev–Trinajstić information content (AvgIpc) is 2.18. The number of nitrogens with zero attached hydrogens (tertiary/aromatic N) is 3. The number of hydrogen-bond donors (Lipinski definition) is 0. The van der Waals surface area contributed by atoms with Gasteiger partial charge in [0, 0.05) is 10.5 Å². The minimum absolute atomic E-state index is 0.582. The van der Waals surface area contributed by atoms with Gasteiger partial charge in [-0.3, -0.25) is 0 Å². The third kappa shape index (κ3) is 1.98. The van der Waals surface area contributed by atoms with Crippen molar-refractivity contribution in [3.05, 3.63) is 40.3 Å². The van der Waals surface area contributed by atoms with Gasteiger partial charge in [0.1, 0.15) is 5.75 Å². The van der Waals surface area contributed by atoms with Crippen LogP contribution < -0.4 is 4.74 Å². The number of azide groups is 1. The molecule has 0 radical (unpaired) electrons. The maximum absolute atomic E-state index is 8.44. The molecular formula is C10H13N3O. The van der Waals surface area contributed by atoms with Crippen molar-refractivity contribution in [3.8, 4) is 5.75 Å². The summed E-state index contributed by atoms with van der Waals surface area (Å²) in [7, 11) is 1.60. The lowest BCUT2D eigenvalue weighted by Gasteiger charge is -2.20. The van der Waals surface area contributed by atoms with Gasteiger partial charge >= 0.3 is 0 Å². The average molecular weight is 191 g/mol. The van der Waals surface area contributed by atoms with Crippen molar-refractivity contribution in [3.63, 3.8) is 0 Å². The Labute approximate surface area is 83.1 Å². The number of ether oxygens (including phenoxy) is 1. The predicted molar refractivity (Wildman–Crippen MR) is 55.2 cm³/mol. The Morgan fingerprint density at radius 1 is 1.36 bits per heavy atom. The molecule has 14 heavy (non-hydrogen) atoms. The number of hydrogen-bond acceptors (Lipinski definition) is 2. The van der Waals surface area contributed by atoms with E-state index >= 15 is 0 Å². The molecule has 4 heteroatoms. The molecule has 74 valence electrons. The van der Waals surface area contributed by atoms with Crippen LogP contribution in [0.15, 0.2) is 29.4 Å². The molecule has 0 fully saturated rings. The van der Waals surface area contributed by atoms with E-state index in [0.717, 1.165) is 11.3 Å². The highest BCUT2D eigenvalue weighted by Gasteiger charge is 2.22. The third-order valence-electron chi connectivity index (χ3n) is 2.06. The van der Waals surface area contributed by atoms with Gasteiger partial charge in [-0.1, -0.05) is 23.3 Å². The fraction of sp³-hybridized carbons (Fsp3) is 0.400. The second-order valence-electron chi connectivity index (χ2n) is 3.45. The van der Waals surface area contributed by atoms with E-state index in [1.165, 1.54) is 0 Å². The molecule has 0 aliphatic heterocycles. The largest absolute Gasteiger partial charge is 0.496 e. The first kappa shape index (κ1) is 10.4. The van der Waals surface area contributed by atoms with E-state index in [0.29, 0.717) is 0 Å². The Kier molecular flexibility index (Phi) is 2.99. The highest BCUT2D eigenvalue weighted by molar-refractivity contribution is 5.38. The van der Waals surface area contributed by atoms with Crippen LogP contribution in [-0.2, 0) is 5.54 Å². The van der Waals surface area contributed by atoms with Crippen LogP contribution in [-0.4, -0.2) is 7.11 Å². The molecule has 0 heterocycles. The van der Waals surface area contributed by atoms with E-state index in [1.54, 1.807) is 7.11 Å². The zero-order valence-electron chi connectivity index (χ0n) is 8.56. The third-order valence-corrected chi connectivity index (χ3v) is 2.06. The summed E-state index contributed by atoms with van der Waals surface area (Å²) in [6.07, 6.45) is 0. The first-order chi connectivity index (χ1) is 6.61. The molecule has 0 aliphatic rings. The monoisotopic (exact) mass is 191 g/mol. The summed E-state index contributed by atoms with van der Waals surface area (Å²) in [5, 5.41) is 3.74. The standard InChI is InChI=1S/C10H13N3O/c1-10(2,12-13-11)8-6-4-5-7-9(8)14-3/h4-7H,1-3H3. The number of rotatable bonds is 3.